The maximum atomic E-state index is 13.0. The molecule has 144 valence electrons. The predicted molar refractivity (Wildman–Crippen MR) is 111 cm³/mol. The van der Waals surface area contributed by atoms with Gasteiger partial charge < -0.3 is 4.98 Å². The zero-order valence-corrected chi connectivity index (χ0v) is 17.4. The number of hydrogen-bond acceptors (Lipinski definition) is 3. The second-order valence-electron chi connectivity index (χ2n) is 6.35. The molecule has 1 aromatic carbocycles. The fourth-order valence-electron chi connectivity index (χ4n) is 3.16. The number of aryl methyl sites for hydroxylation is 1. The Bertz CT molecular complexity index is 1200. The number of fused-ring (bicyclic) bond motifs is 2. The quantitative estimate of drug-likeness (QED) is 0.331. The number of hydrogen-bond donors (Lipinski definition) is 1. The van der Waals surface area contributed by atoms with Gasteiger partial charge in [-0.05, 0) is 36.9 Å². The molecule has 4 rings (SSSR count). The van der Waals surface area contributed by atoms with Crippen molar-refractivity contribution in [1.29, 1.82) is 0 Å². The molecule has 3 nitrogen and oxygen atoms in total. The highest BCUT2D eigenvalue weighted by atomic mass is 79.9. The van der Waals surface area contributed by atoms with E-state index in [1.54, 1.807) is 11.8 Å². The van der Waals surface area contributed by atoms with Crippen LogP contribution in [0.15, 0.2) is 45.9 Å². The van der Waals surface area contributed by atoms with Crippen molar-refractivity contribution in [3.63, 3.8) is 0 Å². The third kappa shape index (κ3) is 3.39. The highest BCUT2D eigenvalue weighted by Gasteiger charge is 2.31. The smallest absolute Gasteiger partial charge is 0.352 e. The van der Waals surface area contributed by atoms with Gasteiger partial charge in [0.2, 0.25) is 0 Å². The topological polar surface area (TPSA) is 41.6 Å². The number of H-pyrrole nitrogens is 1. The molecule has 0 aliphatic heterocycles. The van der Waals surface area contributed by atoms with E-state index in [-0.39, 0.29) is 0 Å². The molecule has 8 heteroatoms. The van der Waals surface area contributed by atoms with Crippen molar-refractivity contribution in [2.24, 2.45) is 0 Å². The third-order valence-corrected chi connectivity index (χ3v) is 5.89. The Kier molecular flexibility index (Phi) is 4.87. The molecule has 0 saturated heterocycles. The van der Waals surface area contributed by atoms with E-state index in [9.17, 15) is 13.2 Å². The summed E-state index contributed by atoms with van der Waals surface area (Å²) in [5.41, 5.74) is 3.11. The van der Waals surface area contributed by atoms with E-state index in [2.05, 4.69) is 38.9 Å². The van der Waals surface area contributed by atoms with Gasteiger partial charge in [-0.3, -0.25) is 4.98 Å². The number of benzene rings is 1. The van der Waals surface area contributed by atoms with Crippen LogP contribution in [-0.2, 0) is 6.18 Å². The number of nitrogens with one attached hydrogen (secondary N) is 1. The van der Waals surface area contributed by atoms with Crippen LogP contribution in [0.4, 0.5) is 13.2 Å². The van der Waals surface area contributed by atoms with Crippen molar-refractivity contribution < 1.29 is 13.2 Å². The van der Waals surface area contributed by atoms with Crippen molar-refractivity contribution in [3.05, 3.63) is 52.1 Å². The normalized spacial score (nSPS) is 12.2. The van der Waals surface area contributed by atoms with E-state index in [0.717, 1.165) is 49.5 Å². The summed E-state index contributed by atoms with van der Waals surface area (Å²) in [6, 6.07) is 9.05. The summed E-state index contributed by atoms with van der Waals surface area (Å²) >= 11 is 5.11. The van der Waals surface area contributed by atoms with Gasteiger partial charge in [0.1, 0.15) is 5.69 Å². The molecule has 0 amide bonds. The molecule has 3 aromatic heterocycles. The molecule has 3 heterocycles. The molecule has 0 unspecified atom stereocenters. The first-order valence-corrected chi connectivity index (χ1v) is 10.3. The SMILES string of the molecule is CCSc1cc2ccc(Br)cc2nc1-c1[nH]c2cc(C(F)(F)F)cnc2c1C. The summed E-state index contributed by atoms with van der Waals surface area (Å²) < 4.78 is 40.1. The van der Waals surface area contributed by atoms with Gasteiger partial charge in [0.05, 0.1) is 27.8 Å². The first-order valence-electron chi connectivity index (χ1n) is 8.57. The molecule has 4 aromatic rings. The molecule has 0 spiro atoms. The zero-order valence-electron chi connectivity index (χ0n) is 15.0. The summed E-state index contributed by atoms with van der Waals surface area (Å²) in [6.07, 6.45) is -3.56. The average Bonchev–Trinajstić information content (AvgIpc) is 2.97. The number of alkyl halides is 3. The minimum Gasteiger partial charge on any atom is -0.352 e. The standard InChI is InChI=1S/C20H15BrF3N3S/c1-3-28-16-6-11-4-5-13(21)8-14(11)26-19(16)18-10(2)17-15(27-18)7-12(9-25-17)20(22,23)24/h4-9,27H,3H2,1-2H3. The summed E-state index contributed by atoms with van der Waals surface area (Å²) in [5, 5.41) is 1.01. The molecule has 1 N–H and O–H groups in total. The van der Waals surface area contributed by atoms with Crippen molar-refractivity contribution >= 4 is 49.6 Å². The fourth-order valence-corrected chi connectivity index (χ4v) is 4.32. The van der Waals surface area contributed by atoms with Crippen molar-refractivity contribution in [2.75, 3.05) is 5.75 Å². The number of halogens is 4. The van der Waals surface area contributed by atoms with E-state index < -0.39 is 11.7 Å². The van der Waals surface area contributed by atoms with Crippen LogP contribution in [0.2, 0.25) is 0 Å². The minimum atomic E-state index is -4.43. The van der Waals surface area contributed by atoms with Gasteiger partial charge in [0, 0.05) is 26.5 Å². The summed E-state index contributed by atoms with van der Waals surface area (Å²) in [4.78, 5) is 13.0. The maximum Gasteiger partial charge on any atom is 0.417 e. The van der Waals surface area contributed by atoms with E-state index >= 15 is 0 Å². The number of nitrogens with zero attached hydrogens (tertiary/aromatic N) is 2. The van der Waals surface area contributed by atoms with Crippen LogP contribution < -0.4 is 0 Å². The molecule has 0 fully saturated rings. The van der Waals surface area contributed by atoms with E-state index in [4.69, 9.17) is 4.98 Å². The van der Waals surface area contributed by atoms with Crippen molar-refractivity contribution in [3.8, 4) is 11.4 Å². The lowest BCUT2D eigenvalue weighted by molar-refractivity contribution is -0.137. The number of aromatic nitrogens is 3. The molecule has 0 aliphatic rings. The first kappa shape index (κ1) is 19.3. The van der Waals surface area contributed by atoms with Gasteiger partial charge in [0.25, 0.3) is 0 Å². The van der Waals surface area contributed by atoms with Gasteiger partial charge in [-0.2, -0.15) is 13.2 Å². The second kappa shape index (κ2) is 7.08. The molecule has 0 radical (unpaired) electrons. The Morgan fingerprint density at radius 2 is 1.96 bits per heavy atom. The zero-order chi connectivity index (χ0) is 20.1. The van der Waals surface area contributed by atoms with Crippen LogP contribution in [-0.4, -0.2) is 20.7 Å². The third-order valence-electron chi connectivity index (χ3n) is 4.49. The van der Waals surface area contributed by atoms with Crippen molar-refractivity contribution in [2.45, 2.75) is 24.9 Å². The molecule has 0 saturated carbocycles. The van der Waals surface area contributed by atoms with Crippen molar-refractivity contribution in [1.82, 2.24) is 15.0 Å². The van der Waals surface area contributed by atoms with Gasteiger partial charge in [-0.1, -0.05) is 28.9 Å². The van der Waals surface area contributed by atoms with Gasteiger partial charge in [-0.15, -0.1) is 11.8 Å². The molecule has 0 aliphatic carbocycles. The van der Waals surface area contributed by atoms with Crippen LogP contribution in [0.5, 0.6) is 0 Å². The van der Waals surface area contributed by atoms with E-state index in [1.807, 2.05) is 25.1 Å². The maximum absolute atomic E-state index is 13.0. The second-order valence-corrected chi connectivity index (χ2v) is 8.57. The highest BCUT2D eigenvalue weighted by molar-refractivity contribution is 9.10. The Morgan fingerprint density at radius 3 is 2.68 bits per heavy atom. The summed E-state index contributed by atoms with van der Waals surface area (Å²) in [7, 11) is 0. The highest BCUT2D eigenvalue weighted by Crippen LogP contribution is 2.38. The number of rotatable bonds is 3. The largest absolute Gasteiger partial charge is 0.417 e. The van der Waals surface area contributed by atoms with Gasteiger partial charge in [-0.25, -0.2) is 4.98 Å². The number of aromatic amines is 1. The molecule has 28 heavy (non-hydrogen) atoms. The monoisotopic (exact) mass is 465 g/mol. The Balaban J connectivity index is 1.96. The molecule has 0 bridgehead atoms. The Morgan fingerprint density at radius 1 is 1.18 bits per heavy atom. The van der Waals surface area contributed by atoms with Crippen LogP contribution in [0.1, 0.15) is 18.1 Å². The predicted octanol–water partition coefficient (Wildman–Crippen LogP) is 6.98. The lowest BCUT2D eigenvalue weighted by Gasteiger charge is -2.10. The van der Waals surface area contributed by atoms with Gasteiger partial charge >= 0.3 is 6.18 Å². The van der Waals surface area contributed by atoms with Crippen LogP contribution in [0.25, 0.3) is 33.3 Å². The molecular formula is C20H15BrF3N3S. The Labute approximate surface area is 171 Å². The summed E-state index contributed by atoms with van der Waals surface area (Å²) in [6.45, 7) is 3.90. The van der Waals surface area contributed by atoms with Crippen LogP contribution in [0.3, 0.4) is 0 Å². The first-order chi connectivity index (χ1) is 13.3. The fraction of sp³-hybridized carbons (Fsp3) is 0.200. The minimum absolute atomic E-state index is 0.353. The Hall–Kier alpha value is -2.06. The summed E-state index contributed by atoms with van der Waals surface area (Å²) in [5.74, 6) is 0.854. The van der Waals surface area contributed by atoms with Crippen LogP contribution >= 0.6 is 27.7 Å². The number of thioether (sulfide) groups is 1. The molecular weight excluding hydrogens is 451 g/mol. The molecule has 0 atom stereocenters. The lowest BCUT2D eigenvalue weighted by Crippen LogP contribution is -2.05. The number of pyridine rings is 2. The van der Waals surface area contributed by atoms with E-state index in [0.29, 0.717) is 16.7 Å². The van der Waals surface area contributed by atoms with Crippen LogP contribution in [0, 0.1) is 6.92 Å². The lowest BCUT2D eigenvalue weighted by atomic mass is 10.1. The average molecular weight is 466 g/mol. The van der Waals surface area contributed by atoms with Gasteiger partial charge in [0.15, 0.2) is 0 Å². The van der Waals surface area contributed by atoms with E-state index in [1.165, 1.54) is 0 Å².